The van der Waals surface area contributed by atoms with Gasteiger partial charge >= 0.3 is 0 Å². The first-order valence-corrected chi connectivity index (χ1v) is 13.2. The predicted octanol–water partition coefficient (Wildman–Crippen LogP) is 4.04. The number of carbonyl (C=O) groups is 2. The molecule has 8 nitrogen and oxygen atoms in total. The number of furan rings is 1. The Labute approximate surface area is 209 Å². The van der Waals surface area contributed by atoms with Crippen molar-refractivity contribution in [2.75, 3.05) is 18.4 Å². The molecule has 1 aliphatic heterocycles. The van der Waals surface area contributed by atoms with Crippen LogP contribution in [0.2, 0.25) is 5.02 Å². The average molecular weight is 516 g/mol. The number of carbonyl (C=O) groups excluding carboxylic acids is 2. The van der Waals surface area contributed by atoms with Gasteiger partial charge in [0, 0.05) is 24.0 Å². The fourth-order valence-corrected chi connectivity index (χ4v) is 5.67. The minimum absolute atomic E-state index is 0.110. The molecule has 2 aromatic carbocycles. The van der Waals surface area contributed by atoms with Gasteiger partial charge in [-0.1, -0.05) is 35.9 Å². The second-order valence-electron chi connectivity index (χ2n) is 8.35. The Kier molecular flexibility index (Phi) is 7.90. The number of hydrogen-bond acceptors (Lipinski definition) is 5. The van der Waals surface area contributed by atoms with Crippen molar-refractivity contribution >= 4 is 39.1 Å². The topological polar surface area (TPSA) is 109 Å². The molecule has 0 saturated carbocycles. The standard InChI is InChI=1S/C25H26ClN3O5S/c26-20-9-7-18(8-10-20)17-35(32,33)29-13-11-19(12-14-29)24(30)28-23-6-2-1-5-22(23)25(31)27-16-21-4-3-15-34-21/h1-10,15,19H,11-14,16-17H2,(H,27,31)(H,28,30). The second-order valence-corrected chi connectivity index (χ2v) is 10.8. The fraction of sp³-hybridized carbons (Fsp3) is 0.280. The van der Waals surface area contributed by atoms with Crippen LogP contribution in [0.1, 0.15) is 34.5 Å². The summed E-state index contributed by atoms with van der Waals surface area (Å²) in [5, 5.41) is 6.18. The Morgan fingerprint density at radius 1 is 1.00 bits per heavy atom. The van der Waals surface area contributed by atoms with E-state index in [4.69, 9.17) is 16.0 Å². The minimum Gasteiger partial charge on any atom is -0.467 e. The van der Waals surface area contributed by atoms with E-state index >= 15 is 0 Å². The monoisotopic (exact) mass is 515 g/mol. The van der Waals surface area contributed by atoms with E-state index < -0.39 is 10.0 Å². The molecule has 2 heterocycles. The van der Waals surface area contributed by atoms with E-state index in [0.717, 1.165) is 0 Å². The van der Waals surface area contributed by atoms with Crippen LogP contribution < -0.4 is 10.6 Å². The maximum atomic E-state index is 12.9. The van der Waals surface area contributed by atoms with Gasteiger partial charge in [-0.05, 0) is 54.8 Å². The molecule has 0 aliphatic carbocycles. The van der Waals surface area contributed by atoms with Gasteiger partial charge < -0.3 is 15.1 Å². The molecular formula is C25H26ClN3O5S. The third kappa shape index (κ3) is 6.50. The number of rotatable bonds is 8. The molecule has 2 N–H and O–H groups in total. The van der Waals surface area contributed by atoms with Crippen molar-refractivity contribution < 1.29 is 22.4 Å². The number of sulfonamides is 1. The molecule has 184 valence electrons. The van der Waals surface area contributed by atoms with Crippen LogP contribution in [0, 0.1) is 5.92 Å². The molecule has 1 fully saturated rings. The molecule has 1 saturated heterocycles. The van der Waals surface area contributed by atoms with Gasteiger partial charge in [-0.3, -0.25) is 9.59 Å². The molecule has 3 aromatic rings. The van der Waals surface area contributed by atoms with E-state index in [9.17, 15) is 18.0 Å². The zero-order valence-corrected chi connectivity index (χ0v) is 20.5. The van der Waals surface area contributed by atoms with Crippen LogP contribution in [-0.4, -0.2) is 37.6 Å². The van der Waals surface area contributed by atoms with Crippen molar-refractivity contribution in [3.8, 4) is 0 Å². The van der Waals surface area contributed by atoms with Gasteiger partial charge in [-0.25, -0.2) is 12.7 Å². The van der Waals surface area contributed by atoms with Crippen LogP contribution in [0.5, 0.6) is 0 Å². The zero-order valence-electron chi connectivity index (χ0n) is 18.9. The van der Waals surface area contributed by atoms with Gasteiger partial charge in [0.1, 0.15) is 5.76 Å². The summed E-state index contributed by atoms with van der Waals surface area (Å²) in [6.45, 7) is 0.760. The average Bonchev–Trinajstić information content (AvgIpc) is 3.38. The summed E-state index contributed by atoms with van der Waals surface area (Å²) in [5.74, 6) is -0.401. The van der Waals surface area contributed by atoms with Crippen molar-refractivity contribution in [2.24, 2.45) is 5.92 Å². The van der Waals surface area contributed by atoms with Gasteiger partial charge in [0.2, 0.25) is 15.9 Å². The molecule has 0 atom stereocenters. The molecular weight excluding hydrogens is 490 g/mol. The SMILES string of the molecule is O=C(NCc1ccco1)c1ccccc1NC(=O)C1CCN(S(=O)(=O)Cc2ccc(Cl)cc2)CC1. The maximum Gasteiger partial charge on any atom is 0.253 e. The predicted molar refractivity (Wildman–Crippen MR) is 133 cm³/mol. The first kappa shape index (κ1) is 25.0. The molecule has 1 aromatic heterocycles. The summed E-state index contributed by atoms with van der Waals surface area (Å²) in [5.41, 5.74) is 1.42. The molecule has 0 unspecified atom stereocenters. The van der Waals surface area contributed by atoms with E-state index in [2.05, 4.69) is 10.6 Å². The summed E-state index contributed by atoms with van der Waals surface area (Å²) in [6.07, 6.45) is 2.33. The van der Waals surface area contributed by atoms with E-state index in [1.807, 2.05) is 0 Å². The van der Waals surface area contributed by atoms with Gasteiger partial charge in [-0.2, -0.15) is 0 Å². The number of hydrogen-bond donors (Lipinski definition) is 2. The third-order valence-electron chi connectivity index (χ3n) is 5.91. The van der Waals surface area contributed by atoms with Crippen molar-refractivity contribution in [1.29, 1.82) is 0 Å². The number of nitrogens with one attached hydrogen (secondary N) is 2. The number of benzene rings is 2. The smallest absolute Gasteiger partial charge is 0.253 e. The number of piperidine rings is 1. The lowest BCUT2D eigenvalue weighted by atomic mass is 9.97. The molecule has 0 bridgehead atoms. The van der Waals surface area contributed by atoms with E-state index in [-0.39, 0.29) is 43.1 Å². The Morgan fingerprint density at radius 2 is 1.71 bits per heavy atom. The Balaban J connectivity index is 1.33. The van der Waals surface area contributed by atoms with Crippen LogP contribution in [0.4, 0.5) is 5.69 Å². The quantitative estimate of drug-likeness (QED) is 0.470. The summed E-state index contributed by atoms with van der Waals surface area (Å²) >= 11 is 5.88. The second kappa shape index (κ2) is 11.1. The first-order chi connectivity index (χ1) is 16.8. The van der Waals surface area contributed by atoms with Crippen LogP contribution in [0.25, 0.3) is 0 Å². The highest BCUT2D eigenvalue weighted by molar-refractivity contribution is 7.88. The Bertz CT molecular complexity index is 1270. The van der Waals surface area contributed by atoms with Crippen LogP contribution in [0.3, 0.4) is 0 Å². The third-order valence-corrected chi connectivity index (χ3v) is 8.02. The number of para-hydroxylation sites is 1. The van der Waals surface area contributed by atoms with Crippen LogP contribution in [0.15, 0.2) is 71.3 Å². The largest absolute Gasteiger partial charge is 0.467 e. The van der Waals surface area contributed by atoms with Crippen LogP contribution in [-0.2, 0) is 27.1 Å². The molecule has 10 heteroatoms. The van der Waals surface area contributed by atoms with Gasteiger partial charge in [0.05, 0.1) is 29.8 Å². The molecule has 0 radical (unpaired) electrons. The van der Waals surface area contributed by atoms with Crippen LogP contribution >= 0.6 is 11.6 Å². The van der Waals surface area contributed by atoms with Gasteiger partial charge in [0.25, 0.3) is 5.91 Å². The number of nitrogens with zero attached hydrogens (tertiary/aromatic N) is 1. The highest BCUT2D eigenvalue weighted by atomic mass is 35.5. The molecule has 0 spiro atoms. The number of anilines is 1. The van der Waals surface area contributed by atoms with Crippen molar-refractivity contribution in [2.45, 2.75) is 25.1 Å². The molecule has 4 rings (SSSR count). The summed E-state index contributed by atoms with van der Waals surface area (Å²) in [7, 11) is -3.50. The van der Waals surface area contributed by atoms with E-state index in [0.29, 0.717) is 40.4 Å². The first-order valence-electron chi connectivity index (χ1n) is 11.2. The molecule has 1 aliphatic rings. The summed E-state index contributed by atoms with van der Waals surface area (Å²) in [6, 6.07) is 17.0. The highest BCUT2D eigenvalue weighted by Crippen LogP contribution is 2.24. The minimum atomic E-state index is -3.50. The van der Waals surface area contributed by atoms with E-state index in [1.165, 1.54) is 10.6 Å². The number of halogens is 1. The van der Waals surface area contributed by atoms with E-state index in [1.54, 1.807) is 60.7 Å². The summed E-state index contributed by atoms with van der Waals surface area (Å²) < 4.78 is 32.3. The van der Waals surface area contributed by atoms with Crippen molar-refractivity contribution in [3.05, 3.63) is 88.8 Å². The molecule has 2 amide bonds. The summed E-state index contributed by atoms with van der Waals surface area (Å²) in [4.78, 5) is 25.6. The van der Waals surface area contributed by atoms with Crippen molar-refractivity contribution in [1.82, 2.24) is 9.62 Å². The zero-order chi connectivity index (χ0) is 24.8. The maximum absolute atomic E-state index is 12.9. The Hall–Kier alpha value is -3.14. The van der Waals surface area contributed by atoms with Crippen molar-refractivity contribution in [3.63, 3.8) is 0 Å². The normalized spacial score (nSPS) is 15.0. The fourth-order valence-electron chi connectivity index (χ4n) is 3.98. The lowest BCUT2D eigenvalue weighted by molar-refractivity contribution is -0.120. The van der Waals surface area contributed by atoms with Gasteiger partial charge in [-0.15, -0.1) is 0 Å². The van der Waals surface area contributed by atoms with Gasteiger partial charge in [0.15, 0.2) is 0 Å². The number of amides is 2. The highest BCUT2D eigenvalue weighted by Gasteiger charge is 2.31. The molecule has 35 heavy (non-hydrogen) atoms. The Morgan fingerprint density at radius 3 is 2.40 bits per heavy atom. The lowest BCUT2D eigenvalue weighted by Gasteiger charge is -2.30. The lowest BCUT2D eigenvalue weighted by Crippen LogP contribution is -2.42.